The molecular formula is C13H17F3N2O. The number of carbonyl (C=O) groups excluding carboxylic acids is 1. The van der Waals surface area contributed by atoms with Crippen LogP contribution in [0.3, 0.4) is 0 Å². The molecule has 3 nitrogen and oxygen atoms in total. The Balaban J connectivity index is 2.75. The number of alkyl halides is 3. The van der Waals surface area contributed by atoms with Gasteiger partial charge in [-0.2, -0.15) is 13.2 Å². The van der Waals surface area contributed by atoms with Crippen LogP contribution in [-0.4, -0.2) is 18.0 Å². The molecule has 0 aliphatic rings. The number of benzene rings is 1. The molecule has 1 aromatic rings. The number of carbonyl (C=O) groups is 1. The van der Waals surface area contributed by atoms with Gasteiger partial charge < -0.3 is 10.6 Å². The predicted octanol–water partition coefficient (Wildman–Crippen LogP) is 3.03. The minimum absolute atomic E-state index is 0.113. The summed E-state index contributed by atoms with van der Waals surface area (Å²) < 4.78 is 37.5. The molecule has 1 amide bonds. The third-order valence-electron chi connectivity index (χ3n) is 2.43. The Bertz CT molecular complexity index is 444. The van der Waals surface area contributed by atoms with Gasteiger partial charge in [0.05, 0.1) is 11.6 Å². The van der Waals surface area contributed by atoms with Crippen molar-refractivity contribution in [1.29, 1.82) is 0 Å². The molecule has 0 heterocycles. The number of hydrogen-bond acceptors (Lipinski definition) is 2. The Morgan fingerprint density at radius 2 is 1.84 bits per heavy atom. The maximum absolute atomic E-state index is 12.5. The van der Waals surface area contributed by atoms with E-state index in [2.05, 4.69) is 10.6 Å². The van der Waals surface area contributed by atoms with Crippen LogP contribution in [0.2, 0.25) is 0 Å². The average Bonchev–Trinajstić information content (AvgIpc) is 2.27. The summed E-state index contributed by atoms with van der Waals surface area (Å²) in [6, 6.07) is 4.21. The van der Waals surface area contributed by atoms with Crippen molar-refractivity contribution < 1.29 is 18.0 Å². The Morgan fingerprint density at radius 1 is 1.21 bits per heavy atom. The molecule has 1 rings (SSSR count). The fourth-order valence-corrected chi connectivity index (χ4v) is 1.60. The lowest BCUT2D eigenvalue weighted by Crippen LogP contribution is -2.41. The molecule has 0 spiro atoms. The number of amides is 1. The molecule has 0 aliphatic carbocycles. The van der Waals surface area contributed by atoms with Crippen molar-refractivity contribution in [1.82, 2.24) is 5.32 Å². The third kappa shape index (κ3) is 4.90. The molecule has 0 saturated carbocycles. The Morgan fingerprint density at radius 3 is 2.37 bits per heavy atom. The molecule has 0 radical (unpaired) electrons. The molecular weight excluding hydrogens is 257 g/mol. The zero-order chi connectivity index (χ0) is 14.6. The van der Waals surface area contributed by atoms with E-state index in [1.165, 1.54) is 12.1 Å². The quantitative estimate of drug-likeness (QED) is 0.886. The number of halogens is 3. The van der Waals surface area contributed by atoms with E-state index in [-0.39, 0.29) is 17.6 Å². The van der Waals surface area contributed by atoms with Crippen molar-refractivity contribution in [2.45, 2.75) is 39.0 Å². The van der Waals surface area contributed by atoms with Gasteiger partial charge in [0.15, 0.2) is 0 Å². The van der Waals surface area contributed by atoms with Crippen molar-refractivity contribution in [3.05, 3.63) is 29.8 Å². The summed E-state index contributed by atoms with van der Waals surface area (Å²) in [7, 11) is 0. The molecule has 106 valence electrons. The first-order valence-electron chi connectivity index (χ1n) is 5.94. The highest BCUT2D eigenvalue weighted by atomic mass is 19.4. The van der Waals surface area contributed by atoms with E-state index in [0.29, 0.717) is 0 Å². The van der Waals surface area contributed by atoms with Gasteiger partial charge in [0.1, 0.15) is 0 Å². The second kappa shape index (κ2) is 6.06. The monoisotopic (exact) mass is 274 g/mol. The van der Waals surface area contributed by atoms with Crippen molar-refractivity contribution in [2.24, 2.45) is 0 Å². The fourth-order valence-electron chi connectivity index (χ4n) is 1.60. The molecule has 1 unspecified atom stereocenters. The average molecular weight is 274 g/mol. The normalized spacial score (nSPS) is 13.4. The van der Waals surface area contributed by atoms with E-state index < -0.39 is 17.8 Å². The maximum atomic E-state index is 12.5. The molecule has 1 aromatic carbocycles. The van der Waals surface area contributed by atoms with Gasteiger partial charge in [-0.25, -0.2) is 0 Å². The second-order valence-corrected chi connectivity index (χ2v) is 4.61. The molecule has 1 atom stereocenters. The molecule has 2 N–H and O–H groups in total. The summed E-state index contributed by atoms with van der Waals surface area (Å²) >= 11 is 0. The molecule has 6 heteroatoms. The summed E-state index contributed by atoms with van der Waals surface area (Å²) in [5.74, 6) is -0.368. The number of anilines is 1. The lowest BCUT2D eigenvalue weighted by molar-refractivity contribution is -0.137. The van der Waals surface area contributed by atoms with E-state index in [0.717, 1.165) is 12.1 Å². The standard InChI is InChI=1S/C13H17F3N2O/c1-8(2)17-9(3)12(19)18-11-6-4-5-10(7-11)13(14,15)16/h4-9,17H,1-3H3,(H,18,19). The van der Waals surface area contributed by atoms with Gasteiger partial charge in [0.2, 0.25) is 5.91 Å². The van der Waals surface area contributed by atoms with Gasteiger partial charge in [0.25, 0.3) is 0 Å². The lowest BCUT2D eigenvalue weighted by Gasteiger charge is -2.17. The minimum Gasteiger partial charge on any atom is -0.325 e. The SMILES string of the molecule is CC(C)NC(C)C(=O)Nc1cccc(C(F)(F)F)c1. The van der Waals surface area contributed by atoms with Crippen molar-refractivity contribution >= 4 is 11.6 Å². The van der Waals surface area contributed by atoms with E-state index in [4.69, 9.17) is 0 Å². The van der Waals surface area contributed by atoms with Gasteiger partial charge in [-0.15, -0.1) is 0 Å². The highest BCUT2D eigenvalue weighted by molar-refractivity contribution is 5.94. The van der Waals surface area contributed by atoms with E-state index in [1.807, 2.05) is 13.8 Å². The number of nitrogens with one attached hydrogen (secondary N) is 2. The number of rotatable bonds is 4. The zero-order valence-electron chi connectivity index (χ0n) is 11.0. The van der Waals surface area contributed by atoms with Crippen LogP contribution in [0.1, 0.15) is 26.3 Å². The largest absolute Gasteiger partial charge is 0.416 e. The van der Waals surface area contributed by atoms with Crippen LogP contribution < -0.4 is 10.6 Å². The van der Waals surface area contributed by atoms with Crippen LogP contribution in [0, 0.1) is 0 Å². The zero-order valence-corrected chi connectivity index (χ0v) is 11.0. The number of hydrogen-bond donors (Lipinski definition) is 2. The van der Waals surface area contributed by atoms with E-state index in [1.54, 1.807) is 6.92 Å². The van der Waals surface area contributed by atoms with Gasteiger partial charge in [-0.1, -0.05) is 19.9 Å². The van der Waals surface area contributed by atoms with Gasteiger partial charge in [-0.3, -0.25) is 4.79 Å². The summed E-state index contributed by atoms with van der Waals surface area (Å²) in [6.07, 6.45) is -4.41. The Hall–Kier alpha value is -1.56. The molecule has 0 aliphatic heterocycles. The first kappa shape index (κ1) is 15.5. The van der Waals surface area contributed by atoms with Gasteiger partial charge in [-0.05, 0) is 25.1 Å². The van der Waals surface area contributed by atoms with Crippen LogP contribution in [0.5, 0.6) is 0 Å². The van der Waals surface area contributed by atoms with Crippen molar-refractivity contribution in [3.63, 3.8) is 0 Å². The molecule has 0 saturated heterocycles. The first-order chi connectivity index (χ1) is 8.70. The Labute approximate surface area is 110 Å². The fraction of sp³-hybridized carbons (Fsp3) is 0.462. The smallest absolute Gasteiger partial charge is 0.325 e. The highest BCUT2D eigenvalue weighted by Gasteiger charge is 2.30. The maximum Gasteiger partial charge on any atom is 0.416 e. The summed E-state index contributed by atoms with van der Waals surface area (Å²) in [4.78, 5) is 11.8. The van der Waals surface area contributed by atoms with E-state index in [9.17, 15) is 18.0 Å². The topological polar surface area (TPSA) is 41.1 Å². The summed E-state index contributed by atoms with van der Waals surface area (Å²) in [5.41, 5.74) is -0.646. The summed E-state index contributed by atoms with van der Waals surface area (Å²) in [6.45, 7) is 5.42. The Kier molecular flexibility index (Phi) is 4.94. The van der Waals surface area contributed by atoms with Crippen molar-refractivity contribution in [3.8, 4) is 0 Å². The third-order valence-corrected chi connectivity index (χ3v) is 2.43. The van der Waals surface area contributed by atoms with Gasteiger partial charge >= 0.3 is 6.18 Å². The molecule has 0 bridgehead atoms. The van der Waals surface area contributed by atoms with Crippen molar-refractivity contribution in [2.75, 3.05) is 5.32 Å². The van der Waals surface area contributed by atoms with Crippen LogP contribution >= 0.6 is 0 Å². The highest BCUT2D eigenvalue weighted by Crippen LogP contribution is 2.30. The van der Waals surface area contributed by atoms with Crippen LogP contribution in [0.4, 0.5) is 18.9 Å². The molecule has 0 aromatic heterocycles. The van der Waals surface area contributed by atoms with Crippen LogP contribution in [0.25, 0.3) is 0 Å². The van der Waals surface area contributed by atoms with Crippen LogP contribution in [-0.2, 0) is 11.0 Å². The first-order valence-corrected chi connectivity index (χ1v) is 5.94. The lowest BCUT2D eigenvalue weighted by atomic mass is 10.2. The molecule has 0 fully saturated rings. The second-order valence-electron chi connectivity index (χ2n) is 4.61. The van der Waals surface area contributed by atoms with Crippen LogP contribution in [0.15, 0.2) is 24.3 Å². The predicted molar refractivity (Wildman–Crippen MR) is 67.8 cm³/mol. The van der Waals surface area contributed by atoms with Gasteiger partial charge in [0, 0.05) is 11.7 Å². The van der Waals surface area contributed by atoms with E-state index >= 15 is 0 Å². The minimum atomic E-state index is -4.41. The summed E-state index contributed by atoms with van der Waals surface area (Å²) in [5, 5.41) is 5.43. The molecule has 19 heavy (non-hydrogen) atoms.